The van der Waals surface area contributed by atoms with E-state index in [-0.39, 0.29) is 5.92 Å². The van der Waals surface area contributed by atoms with Gasteiger partial charge in [0, 0.05) is 0 Å². The lowest BCUT2D eigenvalue weighted by Crippen LogP contribution is -2.34. The number of ether oxygens (including phenoxy) is 1. The fraction of sp³-hybridized carbons (Fsp3) is 0.556. The summed E-state index contributed by atoms with van der Waals surface area (Å²) in [6, 6.07) is 7.52. The molecule has 0 saturated carbocycles. The van der Waals surface area contributed by atoms with E-state index in [1.807, 2.05) is 6.92 Å². The van der Waals surface area contributed by atoms with Gasteiger partial charge < -0.3 is 4.74 Å². The number of hydrogen-bond donors (Lipinski definition) is 0. The molecule has 0 bridgehead atoms. The van der Waals surface area contributed by atoms with E-state index < -0.39 is 26.0 Å². The Labute approximate surface area is 141 Å². The fourth-order valence-electron chi connectivity index (χ4n) is 3.47. The molecule has 1 aromatic carbocycles. The third-order valence-electron chi connectivity index (χ3n) is 5.00. The Bertz CT molecular complexity index is 575. The quantitative estimate of drug-likeness (QED) is 0.325. The van der Waals surface area contributed by atoms with Gasteiger partial charge in [-0.2, -0.15) is 0 Å². The van der Waals surface area contributed by atoms with Crippen molar-refractivity contribution in [3.8, 4) is 5.75 Å². The van der Waals surface area contributed by atoms with Crippen molar-refractivity contribution in [2.45, 2.75) is 63.1 Å². The second-order valence-corrected chi connectivity index (χ2v) is 12.1. The minimum atomic E-state index is -4.87. The van der Waals surface area contributed by atoms with Crippen LogP contribution in [0, 0.1) is 5.82 Å². The van der Waals surface area contributed by atoms with Crippen molar-refractivity contribution in [2.75, 3.05) is 0 Å². The van der Waals surface area contributed by atoms with Gasteiger partial charge in [-0.1, -0.05) is 42.9 Å². The zero-order valence-corrected chi connectivity index (χ0v) is 15.1. The monoisotopic (exact) mass is 360 g/mol. The molecular weight excluding hydrogens is 336 g/mol. The van der Waals surface area contributed by atoms with Crippen molar-refractivity contribution in [1.29, 1.82) is 0 Å². The van der Waals surface area contributed by atoms with Crippen LogP contribution in [-0.2, 0) is 0 Å². The Kier molecular flexibility index (Phi) is 6.12. The van der Waals surface area contributed by atoms with Gasteiger partial charge >= 0.3 is 6.36 Å². The van der Waals surface area contributed by atoms with Gasteiger partial charge in [-0.3, -0.25) is 0 Å². The van der Waals surface area contributed by atoms with Crippen LogP contribution in [0.25, 0.3) is 0 Å². The summed E-state index contributed by atoms with van der Waals surface area (Å²) in [5.74, 6) is -1.46. The summed E-state index contributed by atoms with van der Waals surface area (Å²) in [5, 5.41) is 0. The van der Waals surface area contributed by atoms with Gasteiger partial charge in [-0.15, -0.1) is 13.2 Å². The summed E-state index contributed by atoms with van der Waals surface area (Å²) >= 11 is 0. The van der Waals surface area contributed by atoms with Gasteiger partial charge in [-0.05, 0) is 49.8 Å². The molecule has 0 radical (unpaired) electrons. The molecule has 0 aliphatic carbocycles. The van der Waals surface area contributed by atoms with E-state index in [9.17, 15) is 17.6 Å². The largest absolute Gasteiger partial charge is 0.573 e. The van der Waals surface area contributed by atoms with Crippen molar-refractivity contribution >= 4 is 8.07 Å². The molecule has 1 aliphatic rings. The predicted molar refractivity (Wildman–Crippen MR) is 90.5 cm³/mol. The van der Waals surface area contributed by atoms with Crippen LogP contribution in [0.3, 0.4) is 0 Å². The molecule has 134 valence electrons. The summed E-state index contributed by atoms with van der Waals surface area (Å²) in [4.78, 5) is 0. The summed E-state index contributed by atoms with van der Waals surface area (Å²) in [6.07, 6.45) is 2.54. The zero-order chi connectivity index (χ0) is 17.8. The van der Waals surface area contributed by atoms with E-state index in [0.29, 0.717) is 0 Å². The van der Waals surface area contributed by atoms with Crippen LogP contribution in [0.1, 0.15) is 37.7 Å². The smallest absolute Gasteiger partial charge is 0.403 e. The molecule has 0 spiro atoms. The van der Waals surface area contributed by atoms with E-state index in [1.165, 1.54) is 24.2 Å². The van der Waals surface area contributed by atoms with Crippen LogP contribution in [0.2, 0.25) is 24.7 Å². The van der Waals surface area contributed by atoms with E-state index >= 15 is 0 Å². The molecule has 0 aromatic heterocycles. The van der Waals surface area contributed by atoms with E-state index in [1.54, 1.807) is 6.07 Å². The Morgan fingerprint density at radius 2 is 1.92 bits per heavy atom. The molecule has 0 N–H and O–H groups in total. The van der Waals surface area contributed by atoms with Crippen molar-refractivity contribution in [1.82, 2.24) is 0 Å². The highest BCUT2D eigenvalue weighted by Gasteiger charge is 2.34. The summed E-state index contributed by atoms with van der Waals surface area (Å²) in [7, 11) is -1.22. The average molecular weight is 360 g/mol. The first-order valence-electron chi connectivity index (χ1n) is 8.39. The van der Waals surface area contributed by atoms with Gasteiger partial charge in [-0.25, -0.2) is 4.39 Å². The van der Waals surface area contributed by atoms with Crippen LogP contribution in [-0.4, -0.2) is 14.4 Å². The number of hydrogen-bond acceptors (Lipinski definition) is 1. The third-order valence-corrected chi connectivity index (χ3v) is 9.48. The normalized spacial score (nSPS) is 25.2. The first-order valence-corrected chi connectivity index (χ1v) is 11.5. The maximum Gasteiger partial charge on any atom is 0.573 e. The standard InChI is InChI=1S/C18H24F4OSi/c1-3-4-5-10-24(2)11-8-14(9-12-24)15-6-7-17(16(19)13-15)23-18(20,21)22/h3-4,6-7,13-14H,5,8-12H2,1-2H3. The lowest BCUT2D eigenvalue weighted by atomic mass is 9.93. The minimum Gasteiger partial charge on any atom is -0.403 e. The van der Waals surface area contributed by atoms with Crippen molar-refractivity contribution in [3.05, 3.63) is 41.7 Å². The van der Waals surface area contributed by atoms with Crippen LogP contribution in [0.5, 0.6) is 5.75 Å². The van der Waals surface area contributed by atoms with Gasteiger partial charge in [0.2, 0.25) is 0 Å². The third kappa shape index (κ3) is 5.36. The number of rotatable bonds is 5. The maximum absolute atomic E-state index is 13.9. The SMILES string of the molecule is CC=CCC[Si]1(C)CCC(c2ccc(OC(F)(F)F)c(F)c2)CC1. The fourth-order valence-corrected chi connectivity index (χ4v) is 7.18. The maximum atomic E-state index is 13.9. The molecule has 24 heavy (non-hydrogen) atoms. The number of allylic oxidation sites excluding steroid dienone is 2. The van der Waals surface area contributed by atoms with E-state index in [2.05, 4.69) is 23.4 Å². The Morgan fingerprint density at radius 1 is 1.25 bits per heavy atom. The average Bonchev–Trinajstić information content (AvgIpc) is 2.49. The van der Waals surface area contributed by atoms with Crippen LogP contribution < -0.4 is 4.74 Å². The molecule has 1 heterocycles. The molecule has 0 unspecified atom stereocenters. The van der Waals surface area contributed by atoms with Gasteiger partial charge in [0.05, 0.1) is 8.07 Å². The number of alkyl halides is 3. The lowest BCUT2D eigenvalue weighted by Gasteiger charge is -2.36. The Balaban J connectivity index is 1.98. The van der Waals surface area contributed by atoms with Crippen molar-refractivity contribution < 1.29 is 22.3 Å². The van der Waals surface area contributed by atoms with Crippen molar-refractivity contribution in [2.24, 2.45) is 0 Å². The molecular formula is C18H24F4OSi. The van der Waals surface area contributed by atoms with Gasteiger partial charge in [0.25, 0.3) is 0 Å². The highest BCUT2D eigenvalue weighted by Crippen LogP contribution is 2.41. The zero-order valence-electron chi connectivity index (χ0n) is 14.1. The molecule has 2 rings (SSSR count). The Hall–Kier alpha value is -1.30. The molecule has 1 saturated heterocycles. The van der Waals surface area contributed by atoms with Crippen LogP contribution in [0.15, 0.2) is 30.4 Å². The van der Waals surface area contributed by atoms with Crippen molar-refractivity contribution in [3.63, 3.8) is 0 Å². The Morgan fingerprint density at radius 3 is 2.46 bits per heavy atom. The van der Waals surface area contributed by atoms with E-state index in [0.717, 1.165) is 30.9 Å². The topological polar surface area (TPSA) is 9.23 Å². The first-order chi connectivity index (χ1) is 11.2. The van der Waals surface area contributed by atoms with Crippen LogP contribution in [0.4, 0.5) is 17.6 Å². The second kappa shape index (κ2) is 7.72. The molecule has 1 aliphatic heterocycles. The molecule has 6 heteroatoms. The molecule has 1 nitrogen and oxygen atoms in total. The highest BCUT2D eigenvalue weighted by molar-refractivity contribution is 6.78. The van der Waals surface area contributed by atoms with Gasteiger partial charge in [0.15, 0.2) is 11.6 Å². The minimum absolute atomic E-state index is 0.238. The van der Waals surface area contributed by atoms with E-state index in [4.69, 9.17) is 0 Å². The summed E-state index contributed by atoms with van der Waals surface area (Å²) in [6.45, 7) is 4.45. The van der Waals surface area contributed by atoms with Gasteiger partial charge in [0.1, 0.15) is 0 Å². The summed E-state index contributed by atoms with van der Waals surface area (Å²) < 4.78 is 54.2. The highest BCUT2D eigenvalue weighted by atomic mass is 28.3. The number of benzene rings is 1. The first kappa shape index (κ1) is 19.0. The number of halogens is 4. The predicted octanol–water partition coefficient (Wildman–Crippen LogP) is 6.65. The molecule has 0 amide bonds. The molecule has 1 aromatic rings. The second-order valence-electron chi connectivity index (χ2n) is 6.93. The lowest BCUT2D eigenvalue weighted by molar-refractivity contribution is -0.275. The van der Waals surface area contributed by atoms with Crippen LogP contribution >= 0.6 is 0 Å². The molecule has 0 atom stereocenters. The molecule has 1 fully saturated rings. The summed E-state index contributed by atoms with van der Waals surface area (Å²) in [5.41, 5.74) is 0.784.